The fourth-order valence-electron chi connectivity index (χ4n) is 3.72. The number of halogens is 1. The summed E-state index contributed by atoms with van der Waals surface area (Å²) in [7, 11) is -1.20. The molecule has 1 aromatic carbocycles. The number of likely N-dealkylation sites (tertiary alicyclic amines) is 1. The van der Waals surface area contributed by atoms with Gasteiger partial charge in [0, 0.05) is 50.9 Å². The molecule has 156 valence electrons. The maximum Gasteiger partial charge on any atom is 0.245 e. The number of carbonyl (C=O) groups excluding carboxylic acids is 1. The molecule has 0 aliphatic carbocycles. The second-order valence-electron chi connectivity index (χ2n) is 7.12. The number of amides is 1. The molecule has 0 spiro atoms. The quantitative estimate of drug-likeness (QED) is 0.612. The van der Waals surface area contributed by atoms with Crippen molar-refractivity contribution in [2.75, 3.05) is 31.6 Å². The summed E-state index contributed by atoms with van der Waals surface area (Å²) in [5.74, 6) is -0.219. The zero-order chi connectivity index (χ0) is 20.5. The lowest BCUT2D eigenvalue weighted by molar-refractivity contribution is -0.118. The Morgan fingerprint density at radius 3 is 2.83 bits per heavy atom. The van der Waals surface area contributed by atoms with Gasteiger partial charge in [0.25, 0.3) is 0 Å². The molecule has 4 rings (SSSR count). The highest BCUT2D eigenvalue weighted by atomic mass is 32.2. The summed E-state index contributed by atoms with van der Waals surface area (Å²) in [5.41, 5.74) is 0.739. The minimum atomic E-state index is -2.89. The summed E-state index contributed by atoms with van der Waals surface area (Å²) in [6.45, 7) is 2.54. The van der Waals surface area contributed by atoms with Gasteiger partial charge in [-0.15, -0.1) is 0 Å². The number of imidazole rings is 1. The molecular weight excluding hydrogens is 401 g/mol. The van der Waals surface area contributed by atoms with E-state index in [-0.39, 0.29) is 18.3 Å². The summed E-state index contributed by atoms with van der Waals surface area (Å²) >= 11 is 0. The van der Waals surface area contributed by atoms with Gasteiger partial charge in [0.1, 0.15) is 17.7 Å². The number of hydrogen-bond acceptors (Lipinski definition) is 6. The molecule has 2 aliphatic heterocycles. The Hall–Kier alpha value is -2.34. The van der Waals surface area contributed by atoms with Crippen molar-refractivity contribution in [1.29, 1.82) is 0 Å². The van der Waals surface area contributed by atoms with Crippen LogP contribution in [0.5, 0.6) is 0 Å². The molecule has 1 aromatic heterocycles. The molecule has 2 fully saturated rings. The minimum Gasteiger partial charge on any atom is -0.379 e. The first-order valence-electron chi connectivity index (χ1n) is 9.25. The lowest BCUT2D eigenvalue weighted by Crippen LogP contribution is -2.51. The van der Waals surface area contributed by atoms with Gasteiger partial charge in [-0.1, -0.05) is 0 Å². The molecule has 9 nitrogen and oxygen atoms in total. The van der Waals surface area contributed by atoms with E-state index in [0.29, 0.717) is 18.7 Å². The van der Waals surface area contributed by atoms with E-state index in [0.717, 1.165) is 18.9 Å². The van der Waals surface area contributed by atoms with Gasteiger partial charge in [-0.2, -0.15) is 0 Å². The van der Waals surface area contributed by atoms with E-state index in [1.165, 1.54) is 17.0 Å². The molecule has 2 aromatic rings. The summed E-state index contributed by atoms with van der Waals surface area (Å²) in [5, 5.41) is 0. The fraction of sp³-hybridized carbons (Fsp3) is 0.444. The summed E-state index contributed by atoms with van der Waals surface area (Å²) in [4.78, 5) is 20.2. The van der Waals surface area contributed by atoms with Gasteiger partial charge in [0.2, 0.25) is 16.8 Å². The van der Waals surface area contributed by atoms with Gasteiger partial charge < -0.3 is 14.2 Å². The monoisotopic (exact) mass is 423 g/mol. The van der Waals surface area contributed by atoms with E-state index in [1.807, 2.05) is 4.57 Å². The second-order valence-corrected chi connectivity index (χ2v) is 7.89. The molecule has 1 N–H and O–H groups in total. The van der Waals surface area contributed by atoms with E-state index < -0.39 is 28.7 Å². The lowest BCUT2D eigenvalue weighted by Gasteiger charge is -2.37. The van der Waals surface area contributed by atoms with Gasteiger partial charge in [-0.3, -0.25) is 9.69 Å². The van der Waals surface area contributed by atoms with Crippen molar-refractivity contribution >= 4 is 22.5 Å². The van der Waals surface area contributed by atoms with Gasteiger partial charge in [0.05, 0.1) is 18.3 Å². The van der Waals surface area contributed by atoms with Crippen molar-refractivity contribution in [1.82, 2.24) is 19.2 Å². The minimum absolute atomic E-state index is 0.136. The molecule has 2 saturated heterocycles. The van der Waals surface area contributed by atoms with Crippen molar-refractivity contribution in [3.8, 4) is 5.69 Å². The molecule has 0 radical (unpaired) electrons. The van der Waals surface area contributed by atoms with Crippen LogP contribution < -0.4 is 9.62 Å². The number of rotatable bonds is 7. The third kappa shape index (κ3) is 4.04. The van der Waals surface area contributed by atoms with Crippen molar-refractivity contribution in [2.24, 2.45) is 0 Å². The Balaban J connectivity index is 1.50. The maximum absolute atomic E-state index is 14.8. The van der Waals surface area contributed by atoms with Gasteiger partial charge in [-0.25, -0.2) is 22.5 Å². The highest BCUT2D eigenvalue weighted by Gasteiger charge is 2.34. The van der Waals surface area contributed by atoms with Gasteiger partial charge in [-0.05, 0) is 18.6 Å². The number of benzene rings is 1. The number of nitrogens with zero attached hydrogens (tertiary/aromatic N) is 4. The van der Waals surface area contributed by atoms with Crippen LogP contribution in [0.1, 0.15) is 12.2 Å². The highest BCUT2D eigenvalue weighted by molar-refractivity contribution is 7.70. The number of carbonyl (C=O) groups is 1. The molecule has 11 heteroatoms. The molecule has 2 aliphatic rings. The van der Waals surface area contributed by atoms with Crippen LogP contribution in [0, 0.1) is 5.82 Å². The zero-order valence-corrected chi connectivity index (χ0v) is 16.7. The Kier molecular flexibility index (Phi) is 5.63. The summed E-state index contributed by atoms with van der Waals surface area (Å²) in [6, 6.07) is 3.77. The maximum atomic E-state index is 14.8. The Labute approximate surface area is 169 Å². The molecule has 3 heterocycles. The summed E-state index contributed by atoms with van der Waals surface area (Å²) in [6.07, 6.45) is 3.97. The fourth-order valence-corrected chi connectivity index (χ4v) is 4.21. The Bertz CT molecular complexity index is 980. The predicted octanol–water partition coefficient (Wildman–Crippen LogP) is 0.0633. The normalized spacial score (nSPS) is 20.6. The lowest BCUT2D eigenvalue weighted by atomic mass is 10.1. The van der Waals surface area contributed by atoms with Crippen molar-refractivity contribution in [3.63, 3.8) is 0 Å². The van der Waals surface area contributed by atoms with Gasteiger partial charge in [0.15, 0.2) is 0 Å². The Morgan fingerprint density at radius 2 is 2.14 bits per heavy atom. The van der Waals surface area contributed by atoms with Crippen LogP contribution in [0.25, 0.3) is 5.69 Å². The number of methoxy groups -OCH3 is 1. The number of anilines is 1. The first-order valence-corrected chi connectivity index (χ1v) is 10.4. The largest absolute Gasteiger partial charge is 0.379 e. The predicted molar refractivity (Wildman–Crippen MR) is 104 cm³/mol. The van der Waals surface area contributed by atoms with Crippen LogP contribution in [0.4, 0.5) is 10.1 Å². The van der Waals surface area contributed by atoms with Gasteiger partial charge >= 0.3 is 0 Å². The van der Waals surface area contributed by atoms with E-state index in [2.05, 4.69) is 14.6 Å². The van der Waals surface area contributed by atoms with Crippen LogP contribution >= 0.6 is 0 Å². The highest BCUT2D eigenvalue weighted by Crippen LogP contribution is 2.27. The zero-order valence-electron chi connectivity index (χ0n) is 15.8. The van der Waals surface area contributed by atoms with Crippen molar-refractivity contribution in [2.45, 2.75) is 25.1 Å². The third-order valence-corrected chi connectivity index (χ3v) is 5.83. The van der Waals surface area contributed by atoms with Crippen LogP contribution in [-0.4, -0.2) is 67.7 Å². The smallest absolute Gasteiger partial charge is 0.245 e. The molecular formula is C18H22FN5O4S. The van der Waals surface area contributed by atoms with Crippen LogP contribution in [-0.2, 0) is 27.0 Å². The molecule has 0 bridgehead atoms. The average molecular weight is 423 g/mol. The molecule has 1 atom stereocenters. The van der Waals surface area contributed by atoms with Crippen LogP contribution in [0.3, 0.4) is 0 Å². The average Bonchev–Trinajstić information content (AvgIpc) is 3.25. The molecule has 1 unspecified atom stereocenters. The van der Waals surface area contributed by atoms with Crippen LogP contribution in [0.15, 0.2) is 30.6 Å². The van der Waals surface area contributed by atoms with Crippen molar-refractivity contribution in [3.05, 3.63) is 42.2 Å². The molecule has 29 heavy (non-hydrogen) atoms. The first kappa shape index (κ1) is 20.0. The van der Waals surface area contributed by atoms with E-state index in [4.69, 9.17) is 4.74 Å². The first-order chi connectivity index (χ1) is 14.0. The number of hydrogen-bond donors (Lipinski definition) is 2. The van der Waals surface area contributed by atoms with Crippen molar-refractivity contribution < 1.29 is 22.3 Å². The molecule has 0 saturated carbocycles. The molecule has 1 amide bonds. The standard InChI is InChI=1S/C18H22FN5O4S/c1-28-13-9-22(10-13)11-17-20-5-7-23(17)12-2-3-16(14(19)8-12)24-6-4-15(18(24)25)21-29(26)27/h2-3,5,7-8,13,15,29H,4,6,9-11H2,1H3,(H,21,26,27). The number of nitrogens with one attached hydrogen (secondary N) is 1. The second kappa shape index (κ2) is 8.19. The topological polar surface area (TPSA) is 96.8 Å². The van der Waals surface area contributed by atoms with Crippen LogP contribution in [0.2, 0.25) is 0 Å². The SMILES string of the molecule is COC1CN(Cc2nccn2-c2ccc(N3CCC(N[SH](=O)=O)C3=O)c(F)c2)C1. The number of ether oxygens (including phenoxy) is 1. The van der Waals surface area contributed by atoms with E-state index in [1.54, 1.807) is 25.6 Å². The van der Waals surface area contributed by atoms with E-state index >= 15 is 0 Å². The van der Waals surface area contributed by atoms with E-state index in [9.17, 15) is 17.6 Å². The number of thiol groups is 1. The number of aromatic nitrogens is 2. The third-order valence-electron chi connectivity index (χ3n) is 5.31. The Morgan fingerprint density at radius 1 is 1.34 bits per heavy atom. The summed E-state index contributed by atoms with van der Waals surface area (Å²) < 4.78 is 45.8.